The molecule has 0 aromatic carbocycles. The van der Waals surface area contributed by atoms with Crippen LogP contribution in [0.2, 0.25) is 0 Å². The van der Waals surface area contributed by atoms with Crippen LogP contribution in [0.4, 0.5) is 0 Å². The van der Waals surface area contributed by atoms with Gasteiger partial charge in [0.15, 0.2) is 0 Å². The van der Waals surface area contributed by atoms with Crippen LogP contribution < -0.4 is 0 Å². The van der Waals surface area contributed by atoms with Crippen LogP contribution in [0.5, 0.6) is 0 Å². The Hall–Kier alpha value is -1.42. The monoisotopic (exact) mass is 260 g/mol. The SMILES string of the molecule is O=C(CCc1ccccn1)N1CC2CCC(O)C2C1. The number of hydrogen-bond donors (Lipinski definition) is 1. The fraction of sp³-hybridized carbons (Fsp3) is 0.600. The van der Waals surface area contributed by atoms with Gasteiger partial charge >= 0.3 is 0 Å². The summed E-state index contributed by atoms with van der Waals surface area (Å²) in [7, 11) is 0. The molecular weight excluding hydrogens is 240 g/mol. The number of aliphatic hydroxyl groups is 1. The number of nitrogens with zero attached hydrogens (tertiary/aromatic N) is 2. The van der Waals surface area contributed by atoms with Crippen LogP contribution in [-0.2, 0) is 11.2 Å². The standard InChI is InChI=1S/C15H20N2O2/c18-14-6-4-11-9-17(10-13(11)14)15(19)7-5-12-3-1-2-8-16-12/h1-3,8,11,13-14,18H,4-7,9-10H2. The maximum atomic E-state index is 12.2. The average Bonchev–Trinajstić information content (AvgIpc) is 3.00. The Kier molecular flexibility index (Phi) is 3.51. The lowest BCUT2D eigenvalue weighted by Gasteiger charge is -2.18. The molecule has 1 N–H and O–H groups in total. The molecule has 1 amide bonds. The Morgan fingerprint density at radius 3 is 3.00 bits per heavy atom. The molecule has 102 valence electrons. The minimum absolute atomic E-state index is 0.196. The Morgan fingerprint density at radius 1 is 1.37 bits per heavy atom. The van der Waals surface area contributed by atoms with Crippen LogP contribution in [0.3, 0.4) is 0 Å². The van der Waals surface area contributed by atoms with Gasteiger partial charge in [-0.3, -0.25) is 9.78 Å². The lowest BCUT2D eigenvalue weighted by atomic mass is 10.00. The van der Waals surface area contributed by atoms with Crippen LogP contribution in [0.1, 0.15) is 25.0 Å². The van der Waals surface area contributed by atoms with Crippen molar-refractivity contribution in [2.24, 2.45) is 11.8 Å². The molecule has 2 fully saturated rings. The van der Waals surface area contributed by atoms with Crippen LogP contribution in [0.25, 0.3) is 0 Å². The van der Waals surface area contributed by atoms with Gasteiger partial charge in [-0.1, -0.05) is 6.07 Å². The second kappa shape index (κ2) is 5.29. The largest absolute Gasteiger partial charge is 0.393 e. The summed E-state index contributed by atoms with van der Waals surface area (Å²) in [6.45, 7) is 1.58. The zero-order chi connectivity index (χ0) is 13.2. The Morgan fingerprint density at radius 2 is 2.26 bits per heavy atom. The quantitative estimate of drug-likeness (QED) is 0.889. The van der Waals surface area contributed by atoms with Crippen molar-refractivity contribution >= 4 is 5.91 Å². The van der Waals surface area contributed by atoms with E-state index in [-0.39, 0.29) is 12.0 Å². The highest BCUT2D eigenvalue weighted by Crippen LogP contribution is 2.38. The number of aliphatic hydroxyl groups excluding tert-OH is 1. The van der Waals surface area contributed by atoms with Crippen LogP contribution in [0.15, 0.2) is 24.4 Å². The van der Waals surface area contributed by atoms with E-state index in [2.05, 4.69) is 4.98 Å². The number of fused-ring (bicyclic) bond motifs is 1. The average molecular weight is 260 g/mol. The summed E-state index contributed by atoms with van der Waals surface area (Å²) in [6.07, 6.45) is 4.76. The summed E-state index contributed by atoms with van der Waals surface area (Å²) < 4.78 is 0. The summed E-state index contributed by atoms with van der Waals surface area (Å²) in [5.74, 6) is 1.04. The van der Waals surface area contributed by atoms with Gasteiger partial charge in [0.05, 0.1) is 6.10 Å². The first kappa shape index (κ1) is 12.6. The van der Waals surface area contributed by atoms with E-state index < -0.39 is 0 Å². The molecule has 3 unspecified atom stereocenters. The van der Waals surface area contributed by atoms with Crippen molar-refractivity contribution in [3.63, 3.8) is 0 Å². The van der Waals surface area contributed by atoms with Gasteiger partial charge in [-0.25, -0.2) is 0 Å². The zero-order valence-corrected chi connectivity index (χ0v) is 11.0. The van der Waals surface area contributed by atoms with Crippen LogP contribution in [-0.4, -0.2) is 40.1 Å². The fourth-order valence-electron chi connectivity index (χ4n) is 3.38. The maximum absolute atomic E-state index is 12.2. The number of hydrogen-bond acceptors (Lipinski definition) is 3. The first-order valence-electron chi connectivity index (χ1n) is 7.10. The zero-order valence-electron chi connectivity index (χ0n) is 11.0. The molecule has 0 spiro atoms. The molecule has 2 heterocycles. The van der Waals surface area contributed by atoms with E-state index >= 15 is 0 Å². The molecule has 3 rings (SSSR count). The van der Waals surface area contributed by atoms with Gasteiger partial charge in [-0.05, 0) is 37.3 Å². The van der Waals surface area contributed by atoms with Crippen molar-refractivity contribution in [1.29, 1.82) is 0 Å². The van der Waals surface area contributed by atoms with E-state index in [0.29, 0.717) is 24.7 Å². The molecule has 0 radical (unpaired) electrons. The number of amides is 1. The molecule has 1 aliphatic heterocycles. The molecule has 19 heavy (non-hydrogen) atoms. The normalized spacial score (nSPS) is 29.5. The maximum Gasteiger partial charge on any atom is 0.222 e. The molecule has 1 saturated heterocycles. The van der Waals surface area contributed by atoms with E-state index in [0.717, 1.165) is 31.6 Å². The third-order valence-corrected chi connectivity index (χ3v) is 4.49. The number of aromatic nitrogens is 1. The topological polar surface area (TPSA) is 53.4 Å². The minimum Gasteiger partial charge on any atom is -0.393 e. The molecule has 2 aliphatic rings. The predicted molar refractivity (Wildman–Crippen MR) is 71.4 cm³/mol. The van der Waals surface area contributed by atoms with E-state index in [1.54, 1.807) is 6.20 Å². The van der Waals surface area contributed by atoms with E-state index in [9.17, 15) is 9.90 Å². The lowest BCUT2D eigenvalue weighted by Crippen LogP contribution is -2.31. The van der Waals surface area contributed by atoms with Gasteiger partial charge in [-0.2, -0.15) is 0 Å². The second-order valence-electron chi connectivity index (χ2n) is 5.69. The highest BCUT2D eigenvalue weighted by molar-refractivity contribution is 5.76. The lowest BCUT2D eigenvalue weighted by molar-refractivity contribution is -0.130. The molecular formula is C15H20N2O2. The van der Waals surface area contributed by atoms with E-state index in [1.807, 2.05) is 23.1 Å². The second-order valence-corrected chi connectivity index (χ2v) is 5.69. The van der Waals surface area contributed by atoms with Crippen molar-refractivity contribution < 1.29 is 9.90 Å². The summed E-state index contributed by atoms with van der Waals surface area (Å²) in [5.41, 5.74) is 0.968. The molecule has 1 aromatic heterocycles. The molecule has 4 nitrogen and oxygen atoms in total. The number of pyridine rings is 1. The third kappa shape index (κ3) is 2.63. The van der Waals surface area contributed by atoms with Crippen molar-refractivity contribution in [1.82, 2.24) is 9.88 Å². The number of aryl methyl sites for hydroxylation is 1. The van der Waals surface area contributed by atoms with Crippen LogP contribution >= 0.6 is 0 Å². The van der Waals surface area contributed by atoms with E-state index in [4.69, 9.17) is 0 Å². The third-order valence-electron chi connectivity index (χ3n) is 4.49. The van der Waals surface area contributed by atoms with Gasteiger partial charge in [-0.15, -0.1) is 0 Å². The van der Waals surface area contributed by atoms with Gasteiger partial charge in [0, 0.05) is 37.3 Å². The summed E-state index contributed by atoms with van der Waals surface area (Å²) >= 11 is 0. The number of carbonyl (C=O) groups excluding carboxylic acids is 1. The number of rotatable bonds is 3. The summed E-state index contributed by atoms with van der Waals surface area (Å²) in [6, 6.07) is 5.79. The van der Waals surface area contributed by atoms with Gasteiger partial charge in [0.25, 0.3) is 0 Å². The highest BCUT2D eigenvalue weighted by atomic mass is 16.3. The first-order valence-corrected chi connectivity index (χ1v) is 7.10. The first-order chi connectivity index (χ1) is 9.24. The van der Waals surface area contributed by atoms with Crippen molar-refractivity contribution in [2.75, 3.05) is 13.1 Å². The highest BCUT2D eigenvalue weighted by Gasteiger charge is 2.42. The molecule has 1 saturated carbocycles. The van der Waals surface area contributed by atoms with Gasteiger partial charge in [0.1, 0.15) is 0 Å². The van der Waals surface area contributed by atoms with Gasteiger partial charge in [0.2, 0.25) is 5.91 Å². The molecule has 1 aliphatic carbocycles. The fourth-order valence-corrected chi connectivity index (χ4v) is 3.38. The molecule has 4 heteroatoms. The number of carbonyl (C=O) groups is 1. The van der Waals surface area contributed by atoms with Crippen molar-refractivity contribution in [2.45, 2.75) is 31.8 Å². The van der Waals surface area contributed by atoms with Gasteiger partial charge < -0.3 is 10.0 Å². The van der Waals surface area contributed by atoms with Crippen LogP contribution in [0, 0.1) is 11.8 Å². The molecule has 1 aromatic rings. The Balaban J connectivity index is 1.52. The summed E-state index contributed by atoms with van der Waals surface area (Å²) in [4.78, 5) is 18.3. The van der Waals surface area contributed by atoms with Crippen molar-refractivity contribution in [3.8, 4) is 0 Å². The molecule has 0 bridgehead atoms. The van der Waals surface area contributed by atoms with E-state index in [1.165, 1.54) is 0 Å². The molecule has 3 atom stereocenters. The number of likely N-dealkylation sites (tertiary alicyclic amines) is 1. The Bertz CT molecular complexity index is 449. The Labute approximate surface area is 113 Å². The van der Waals surface area contributed by atoms with Crippen molar-refractivity contribution in [3.05, 3.63) is 30.1 Å². The predicted octanol–water partition coefficient (Wildman–Crippen LogP) is 1.24. The minimum atomic E-state index is -0.196. The smallest absolute Gasteiger partial charge is 0.222 e. The summed E-state index contributed by atoms with van der Waals surface area (Å²) in [5, 5.41) is 9.86.